The molecule has 0 radical (unpaired) electrons. The molecule has 2 heterocycles. The van der Waals surface area contributed by atoms with Crippen molar-refractivity contribution in [1.29, 1.82) is 5.26 Å². The number of aromatic nitrogens is 2. The molecule has 2 aromatic carbocycles. The highest BCUT2D eigenvalue weighted by molar-refractivity contribution is 8.01. The predicted molar refractivity (Wildman–Crippen MR) is 143 cm³/mol. The van der Waals surface area contributed by atoms with Gasteiger partial charge in [0, 0.05) is 11.3 Å². The molecule has 3 aromatic rings. The Balaban J connectivity index is 0.00000156. The lowest BCUT2D eigenvalue weighted by Gasteiger charge is -2.50. The van der Waals surface area contributed by atoms with Crippen LogP contribution in [0.5, 0.6) is 11.5 Å². The van der Waals surface area contributed by atoms with E-state index in [1.54, 1.807) is 29.1 Å². The van der Waals surface area contributed by atoms with Gasteiger partial charge in [0.1, 0.15) is 24.2 Å². The van der Waals surface area contributed by atoms with Crippen molar-refractivity contribution in [2.45, 2.75) is 50.8 Å². The SMILES string of the molecule is C=O.CC(C)SNc1ccc(F)c(Oc2ccc3ncn(C4CC5(CCNCC5)C4)c(=O)c3c2)c1C#N. The van der Waals surface area contributed by atoms with Crippen molar-refractivity contribution in [2.75, 3.05) is 17.8 Å². The monoisotopic (exact) mass is 523 g/mol. The Hall–Kier alpha value is -3.42. The molecule has 0 amide bonds. The first-order valence-corrected chi connectivity index (χ1v) is 13.1. The number of carbonyl (C=O) groups is 1. The number of halogens is 1. The number of nitriles is 1. The Morgan fingerprint density at radius 1 is 1.27 bits per heavy atom. The van der Waals surface area contributed by atoms with Gasteiger partial charge in [-0.15, -0.1) is 0 Å². The van der Waals surface area contributed by atoms with E-state index in [0.29, 0.717) is 22.0 Å². The van der Waals surface area contributed by atoms with Gasteiger partial charge in [-0.25, -0.2) is 9.37 Å². The smallest absolute Gasteiger partial charge is 0.261 e. The number of carbonyl (C=O) groups excluding carboxylic acids is 1. The molecular weight excluding hydrogens is 493 g/mol. The van der Waals surface area contributed by atoms with E-state index in [0.717, 1.165) is 38.8 Å². The summed E-state index contributed by atoms with van der Waals surface area (Å²) in [6.45, 7) is 8.09. The highest BCUT2D eigenvalue weighted by Crippen LogP contribution is 2.53. The van der Waals surface area contributed by atoms with Gasteiger partial charge in [0.25, 0.3) is 5.56 Å². The normalized spacial score (nSPS) is 16.5. The van der Waals surface area contributed by atoms with Crippen molar-refractivity contribution in [3.8, 4) is 17.6 Å². The van der Waals surface area contributed by atoms with Gasteiger partial charge < -0.3 is 19.6 Å². The van der Waals surface area contributed by atoms with Crippen LogP contribution in [0.3, 0.4) is 0 Å². The van der Waals surface area contributed by atoms with Crippen molar-refractivity contribution < 1.29 is 13.9 Å². The first kappa shape index (κ1) is 26.6. The quantitative estimate of drug-likeness (QED) is 0.425. The Kier molecular flexibility index (Phi) is 8.15. The van der Waals surface area contributed by atoms with Crippen LogP contribution in [0.15, 0.2) is 41.5 Å². The van der Waals surface area contributed by atoms with E-state index in [-0.39, 0.29) is 33.9 Å². The molecule has 1 aliphatic carbocycles. The van der Waals surface area contributed by atoms with E-state index in [1.165, 1.54) is 24.1 Å². The number of hydrogen-bond acceptors (Lipinski definition) is 8. The van der Waals surface area contributed by atoms with Crippen LogP contribution in [0.25, 0.3) is 10.9 Å². The molecule has 194 valence electrons. The number of rotatable bonds is 6. The average molecular weight is 524 g/mol. The third-order valence-corrected chi connectivity index (χ3v) is 7.80. The van der Waals surface area contributed by atoms with Gasteiger partial charge in [-0.1, -0.05) is 13.8 Å². The zero-order valence-corrected chi connectivity index (χ0v) is 21.7. The van der Waals surface area contributed by atoms with Crippen molar-refractivity contribution in [3.05, 3.63) is 58.4 Å². The third kappa shape index (κ3) is 5.48. The second-order valence-corrected chi connectivity index (χ2v) is 11.1. The number of nitrogens with one attached hydrogen (secondary N) is 2. The summed E-state index contributed by atoms with van der Waals surface area (Å²) in [6, 6.07) is 9.88. The second kappa shape index (κ2) is 11.3. The molecule has 1 saturated heterocycles. The molecule has 2 aliphatic rings. The lowest BCUT2D eigenvalue weighted by Crippen LogP contribution is -2.47. The Morgan fingerprint density at radius 3 is 2.68 bits per heavy atom. The van der Waals surface area contributed by atoms with Crippen LogP contribution in [-0.2, 0) is 4.79 Å². The summed E-state index contributed by atoms with van der Waals surface area (Å²) in [5.74, 6) is -0.536. The highest BCUT2D eigenvalue weighted by Gasteiger charge is 2.45. The second-order valence-electron chi connectivity index (χ2n) is 9.73. The zero-order valence-electron chi connectivity index (χ0n) is 20.9. The van der Waals surface area contributed by atoms with Crippen LogP contribution in [0.2, 0.25) is 0 Å². The number of anilines is 1. The third-order valence-electron chi connectivity index (χ3n) is 6.99. The molecule has 2 N–H and O–H groups in total. The number of benzene rings is 2. The number of fused-ring (bicyclic) bond motifs is 1. The summed E-state index contributed by atoms with van der Waals surface area (Å²) in [5, 5.41) is 13.8. The van der Waals surface area contributed by atoms with Gasteiger partial charge in [-0.05, 0) is 86.5 Å². The Morgan fingerprint density at radius 2 is 2.00 bits per heavy atom. The van der Waals surface area contributed by atoms with Gasteiger partial charge in [0.05, 0.1) is 22.9 Å². The molecule has 1 aliphatic heterocycles. The summed E-state index contributed by atoms with van der Waals surface area (Å²) in [7, 11) is 0. The van der Waals surface area contributed by atoms with Gasteiger partial charge in [-0.3, -0.25) is 9.36 Å². The minimum Gasteiger partial charge on any atom is -0.453 e. The van der Waals surface area contributed by atoms with Crippen LogP contribution in [-0.4, -0.2) is 34.7 Å². The maximum atomic E-state index is 14.7. The van der Waals surface area contributed by atoms with Gasteiger partial charge in [-0.2, -0.15) is 5.26 Å². The predicted octanol–water partition coefficient (Wildman–Crippen LogP) is 5.19. The first-order chi connectivity index (χ1) is 17.9. The van der Waals surface area contributed by atoms with Crippen LogP contribution in [0.1, 0.15) is 51.1 Å². The van der Waals surface area contributed by atoms with Crippen LogP contribution in [0, 0.1) is 22.6 Å². The molecule has 5 rings (SSSR count). The van der Waals surface area contributed by atoms with Crippen molar-refractivity contribution in [2.24, 2.45) is 5.41 Å². The molecule has 2 fully saturated rings. The van der Waals surface area contributed by atoms with Gasteiger partial charge in [0.15, 0.2) is 11.6 Å². The Bertz CT molecular complexity index is 1370. The first-order valence-electron chi connectivity index (χ1n) is 12.2. The molecule has 1 saturated carbocycles. The Labute approximate surface area is 219 Å². The largest absolute Gasteiger partial charge is 0.453 e. The van der Waals surface area contributed by atoms with Gasteiger partial charge >= 0.3 is 0 Å². The standard InChI is InChI=1S/C26H28FN5O2S.CH2O/c1-16(2)35-31-23-6-4-21(27)24(20(23)14-28)34-18-3-5-22-19(11-18)25(33)32(15-30-22)17-12-26(13-17)7-9-29-10-8-26;1-2/h3-6,11,15-17,29,31H,7-10,12-13H2,1-2H3;1H2. The molecule has 10 heteroatoms. The van der Waals surface area contributed by atoms with Gasteiger partial charge in [0.2, 0.25) is 0 Å². The molecule has 0 unspecified atom stereocenters. The lowest BCUT2D eigenvalue weighted by atomic mass is 9.60. The van der Waals surface area contributed by atoms with Crippen molar-refractivity contribution in [1.82, 2.24) is 14.9 Å². The maximum absolute atomic E-state index is 14.7. The molecule has 37 heavy (non-hydrogen) atoms. The maximum Gasteiger partial charge on any atom is 0.261 e. The summed E-state index contributed by atoms with van der Waals surface area (Å²) in [4.78, 5) is 25.8. The molecule has 1 spiro atoms. The minimum absolute atomic E-state index is 0.0728. The summed E-state index contributed by atoms with van der Waals surface area (Å²) in [6.07, 6.45) is 5.91. The van der Waals surface area contributed by atoms with E-state index < -0.39 is 5.82 Å². The lowest BCUT2D eigenvalue weighted by molar-refractivity contribution is -0.0980. The number of nitrogens with zero attached hydrogens (tertiary/aromatic N) is 3. The zero-order chi connectivity index (χ0) is 26.6. The fourth-order valence-electron chi connectivity index (χ4n) is 5.09. The van der Waals surface area contributed by atoms with Crippen molar-refractivity contribution in [3.63, 3.8) is 0 Å². The molecular formula is C27H30FN5O3S. The summed E-state index contributed by atoms with van der Waals surface area (Å²) in [5.41, 5.74) is 1.32. The van der Waals surface area contributed by atoms with Crippen LogP contribution in [0.4, 0.5) is 10.1 Å². The number of piperidine rings is 1. The van der Waals surface area contributed by atoms with E-state index in [4.69, 9.17) is 9.53 Å². The highest BCUT2D eigenvalue weighted by atomic mass is 32.2. The molecule has 0 atom stereocenters. The average Bonchev–Trinajstić information content (AvgIpc) is 2.90. The number of hydrogen-bond donors (Lipinski definition) is 2. The number of ether oxygens (including phenoxy) is 1. The van der Waals surface area contributed by atoms with Crippen LogP contribution >= 0.6 is 11.9 Å². The molecule has 8 nitrogen and oxygen atoms in total. The fourth-order valence-corrected chi connectivity index (χ4v) is 5.63. The van der Waals surface area contributed by atoms with E-state index >= 15 is 0 Å². The summed E-state index contributed by atoms with van der Waals surface area (Å²) < 4.78 is 25.4. The summed E-state index contributed by atoms with van der Waals surface area (Å²) >= 11 is 1.42. The molecule has 1 aromatic heterocycles. The van der Waals surface area contributed by atoms with E-state index in [2.05, 4.69) is 15.0 Å². The minimum atomic E-state index is -0.646. The van der Waals surface area contributed by atoms with Crippen molar-refractivity contribution >= 4 is 35.3 Å². The topological polar surface area (TPSA) is 109 Å². The van der Waals surface area contributed by atoms with E-state index in [9.17, 15) is 14.4 Å². The fraction of sp³-hybridized carbons (Fsp3) is 0.407. The van der Waals surface area contributed by atoms with E-state index in [1.807, 2.05) is 26.7 Å². The molecule has 0 bridgehead atoms. The van der Waals surface area contributed by atoms with Crippen LogP contribution < -0.4 is 20.3 Å².